The number of benzene rings is 1. The van der Waals surface area contributed by atoms with Crippen LogP contribution >= 0.6 is 0 Å². The molecule has 0 aliphatic rings. The Hall–Kier alpha value is -2.62. The van der Waals surface area contributed by atoms with Gasteiger partial charge >= 0.3 is 0 Å². The SMILES string of the molecule is Fc1ccc(-c2cccnc2-c2ccccn2)c(F)c1. The van der Waals surface area contributed by atoms with E-state index in [0.29, 0.717) is 22.5 Å². The van der Waals surface area contributed by atoms with Gasteiger partial charge in [0, 0.05) is 29.6 Å². The van der Waals surface area contributed by atoms with E-state index in [1.54, 1.807) is 36.7 Å². The molecule has 0 aliphatic heterocycles. The fourth-order valence-corrected chi connectivity index (χ4v) is 2.04. The minimum atomic E-state index is -0.616. The van der Waals surface area contributed by atoms with E-state index in [1.165, 1.54) is 12.1 Å². The average molecular weight is 268 g/mol. The van der Waals surface area contributed by atoms with Crippen LogP contribution < -0.4 is 0 Å². The maximum Gasteiger partial charge on any atom is 0.134 e. The van der Waals surface area contributed by atoms with Gasteiger partial charge in [-0.15, -0.1) is 0 Å². The van der Waals surface area contributed by atoms with E-state index in [-0.39, 0.29) is 0 Å². The fraction of sp³-hybridized carbons (Fsp3) is 0. The summed E-state index contributed by atoms with van der Waals surface area (Å²) in [6, 6.07) is 12.4. The van der Waals surface area contributed by atoms with Crippen LogP contribution in [-0.2, 0) is 0 Å². The van der Waals surface area contributed by atoms with Gasteiger partial charge in [-0.2, -0.15) is 0 Å². The maximum atomic E-state index is 13.9. The van der Waals surface area contributed by atoms with Crippen molar-refractivity contribution in [1.82, 2.24) is 9.97 Å². The Morgan fingerprint density at radius 2 is 1.60 bits per heavy atom. The Morgan fingerprint density at radius 3 is 2.35 bits per heavy atom. The van der Waals surface area contributed by atoms with Gasteiger partial charge in [-0.3, -0.25) is 9.97 Å². The van der Waals surface area contributed by atoms with Crippen molar-refractivity contribution in [2.75, 3.05) is 0 Å². The highest BCUT2D eigenvalue weighted by molar-refractivity contribution is 5.79. The monoisotopic (exact) mass is 268 g/mol. The summed E-state index contributed by atoms with van der Waals surface area (Å²) >= 11 is 0. The third-order valence-corrected chi connectivity index (χ3v) is 2.94. The molecule has 0 saturated carbocycles. The predicted octanol–water partition coefficient (Wildman–Crippen LogP) is 4.09. The molecule has 0 unspecified atom stereocenters. The predicted molar refractivity (Wildman–Crippen MR) is 72.8 cm³/mol. The zero-order chi connectivity index (χ0) is 13.9. The van der Waals surface area contributed by atoms with E-state index in [0.717, 1.165) is 6.07 Å². The molecule has 0 aliphatic carbocycles. The smallest absolute Gasteiger partial charge is 0.134 e. The minimum Gasteiger partial charge on any atom is -0.255 e. The molecule has 2 nitrogen and oxygen atoms in total. The van der Waals surface area contributed by atoms with E-state index in [9.17, 15) is 8.78 Å². The summed E-state index contributed by atoms with van der Waals surface area (Å²) in [6.45, 7) is 0. The Morgan fingerprint density at radius 1 is 0.750 bits per heavy atom. The van der Waals surface area contributed by atoms with Gasteiger partial charge in [-0.25, -0.2) is 8.78 Å². The topological polar surface area (TPSA) is 25.8 Å². The van der Waals surface area contributed by atoms with Crippen LogP contribution in [0, 0.1) is 11.6 Å². The molecule has 0 amide bonds. The summed E-state index contributed by atoms with van der Waals surface area (Å²) in [4.78, 5) is 8.49. The quantitative estimate of drug-likeness (QED) is 0.699. The van der Waals surface area contributed by atoms with Crippen molar-refractivity contribution in [1.29, 1.82) is 0 Å². The summed E-state index contributed by atoms with van der Waals surface area (Å²) in [5.41, 5.74) is 2.11. The molecule has 98 valence electrons. The van der Waals surface area contributed by atoms with Crippen molar-refractivity contribution >= 4 is 0 Å². The molecule has 1 aromatic carbocycles. The van der Waals surface area contributed by atoms with Crippen molar-refractivity contribution < 1.29 is 8.78 Å². The third-order valence-electron chi connectivity index (χ3n) is 2.94. The van der Waals surface area contributed by atoms with Gasteiger partial charge in [-0.1, -0.05) is 12.1 Å². The number of pyridine rings is 2. The lowest BCUT2D eigenvalue weighted by Crippen LogP contribution is -1.93. The van der Waals surface area contributed by atoms with Gasteiger partial charge in [0.15, 0.2) is 0 Å². The number of rotatable bonds is 2. The van der Waals surface area contributed by atoms with Gasteiger partial charge in [-0.05, 0) is 30.3 Å². The fourth-order valence-electron chi connectivity index (χ4n) is 2.04. The lowest BCUT2D eigenvalue weighted by molar-refractivity contribution is 0.585. The first-order valence-corrected chi connectivity index (χ1v) is 6.07. The van der Waals surface area contributed by atoms with E-state index in [1.807, 2.05) is 6.07 Å². The first kappa shape index (κ1) is 12.4. The van der Waals surface area contributed by atoms with Gasteiger partial charge in [0.2, 0.25) is 0 Å². The van der Waals surface area contributed by atoms with Crippen molar-refractivity contribution in [3.63, 3.8) is 0 Å². The number of hydrogen-bond donors (Lipinski definition) is 0. The van der Waals surface area contributed by atoms with Crippen molar-refractivity contribution in [3.8, 4) is 22.5 Å². The van der Waals surface area contributed by atoms with Crippen LogP contribution in [0.15, 0.2) is 60.9 Å². The normalized spacial score (nSPS) is 10.5. The van der Waals surface area contributed by atoms with Gasteiger partial charge in [0.1, 0.15) is 11.6 Å². The van der Waals surface area contributed by atoms with E-state index in [4.69, 9.17) is 0 Å². The highest BCUT2D eigenvalue weighted by atomic mass is 19.1. The molecule has 4 heteroatoms. The first-order valence-electron chi connectivity index (χ1n) is 6.07. The summed E-state index contributed by atoms with van der Waals surface area (Å²) in [5, 5.41) is 0. The summed E-state index contributed by atoms with van der Waals surface area (Å²) in [5.74, 6) is -1.22. The Balaban J connectivity index is 2.20. The van der Waals surface area contributed by atoms with Crippen LogP contribution in [0.25, 0.3) is 22.5 Å². The molecule has 3 aromatic rings. The van der Waals surface area contributed by atoms with Gasteiger partial charge in [0.05, 0.1) is 11.4 Å². The molecule has 0 spiro atoms. The molecular weight excluding hydrogens is 258 g/mol. The van der Waals surface area contributed by atoms with Crippen molar-refractivity contribution in [3.05, 3.63) is 72.6 Å². The summed E-state index contributed by atoms with van der Waals surface area (Å²) < 4.78 is 27.0. The Labute approximate surface area is 114 Å². The average Bonchev–Trinajstić information content (AvgIpc) is 2.48. The summed E-state index contributed by atoms with van der Waals surface area (Å²) in [7, 11) is 0. The van der Waals surface area contributed by atoms with Crippen molar-refractivity contribution in [2.45, 2.75) is 0 Å². The second kappa shape index (κ2) is 5.17. The van der Waals surface area contributed by atoms with E-state index in [2.05, 4.69) is 9.97 Å². The number of nitrogens with zero attached hydrogens (tertiary/aromatic N) is 2. The van der Waals surface area contributed by atoms with Crippen LogP contribution in [0.1, 0.15) is 0 Å². The highest BCUT2D eigenvalue weighted by Crippen LogP contribution is 2.30. The molecule has 0 bridgehead atoms. The molecule has 0 N–H and O–H groups in total. The number of hydrogen-bond acceptors (Lipinski definition) is 2. The molecule has 3 rings (SSSR count). The number of aromatic nitrogens is 2. The van der Waals surface area contributed by atoms with Crippen LogP contribution in [0.3, 0.4) is 0 Å². The first-order chi connectivity index (χ1) is 9.75. The summed E-state index contributed by atoms with van der Waals surface area (Å²) in [6.07, 6.45) is 3.27. The largest absolute Gasteiger partial charge is 0.255 e. The molecule has 0 saturated heterocycles. The lowest BCUT2D eigenvalue weighted by Gasteiger charge is -2.09. The second-order valence-corrected chi connectivity index (χ2v) is 4.24. The van der Waals surface area contributed by atoms with Gasteiger partial charge < -0.3 is 0 Å². The molecule has 20 heavy (non-hydrogen) atoms. The third kappa shape index (κ3) is 2.28. The highest BCUT2D eigenvalue weighted by Gasteiger charge is 2.13. The maximum absolute atomic E-state index is 13.9. The Bertz CT molecular complexity index is 742. The lowest BCUT2D eigenvalue weighted by atomic mass is 10.0. The molecular formula is C16H10F2N2. The second-order valence-electron chi connectivity index (χ2n) is 4.24. The standard InChI is InChI=1S/C16H10F2N2/c17-11-6-7-12(14(18)10-11)13-4-3-9-20-16(13)15-5-1-2-8-19-15/h1-10H. The van der Waals surface area contributed by atoms with Gasteiger partial charge in [0.25, 0.3) is 0 Å². The Kier molecular flexibility index (Phi) is 3.21. The van der Waals surface area contributed by atoms with Crippen molar-refractivity contribution in [2.24, 2.45) is 0 Å². The molecule has 2 aromatic heterocycles. The minimum absolute atomic E-state index is 0.306. The zero-order valence-electron chi connectivity index (χ0n) is 10.4. The molecule has 0 atom stereocenters. The van der Waals surface area contributed by atoms with Crippen LogP contribution in [0.2, 0.25) is 0 Å². The molecule has 0 fully saturated rings. The van der Waals surface area contributed by atoms with E-state index >= 15 is 0 Å². The van der Waals surface area contributed by atoms with E-state index < -0.39 is 11.6 Å². The molecule has 0 radical (unpaired) electrons. The van der Waals surface area contributed by atoms with Crippen LogP contribution in [-0.4, -0.2) is 9.97 Å². The zero-order valence-corrected chi connectivity index (χ0v) is 10.4. The molecule has 2 heterocycles. The van der Waals surface area contributed by atoms with Crippen LogP contribution in [0.4, 0.5) is 8.78 Å². The van der Waals surface area contributed by atoms with Crippen LogP contribution in [0.5, 0.6) is 0 Å². The number of halogens is 2.